The minimum absolute atomic E-state index is 0.156. The Kier molecular flexibility index (Phi) is 1.38. The van der Waals surface area contributed by atoms with E-state index in [0.29, 0.717) is 0 Å². The quantitative estimate of drug-likeness (QED) is 0.617. The van der Waals surface area contributed by atoms with Gasteiger partial charge in [-0.25, -0.2) is 0 Å². The first-order valence-corrected chi connectivity index (χ1v) is 4.89. The summed E-state index contributed by atoms with van der Waals surface area (Å²) in [6.45, 7) is 0. The number of nitrogens with one attached hydrogen (secondary N) is 1. The number of hydrogen-bond donors (Lipinski definition) is 1. The van der Waals surface area contributed by atoms with Gasteiger partial charge >= 0.3 is 0 Å². The summed E-state index contributed by atoms with van der Waals surface area (Å²) in [5, 5.41) is 2.95. The summed E-state index contributed by atoms with van der Waals surface area (Å²) in [4.78, 5) is 11.9. The van der Waals surface area contributed by atoms with Crippen LogP contribution in [-0.4, -0.2) is 5.91 Å². The number of fused-ring (bicyclic) bond motifs is 2. The fourth-order valence-electron chi connectivity index (χ4n) is 2.43. The third-order valence-electron chi connectivity index (χ3n) is 3.22. The fourth-order valence-corrected chi connectivity index (χ4v) is 2.43. The Morgan fingerprint density at radius 2 is 1.86 bits per heavy atom. The van der Waals surface area contributed by atoms with Crippen molar-refractivity contribution in [1.82, 2.24) is 0 Å². The van der Waals surface area contributed by atoms with Crippen molar-refractivity contribution in [1.29, 1.82) is 0 Å². The lowest BCUT2D eigenvalue weighted by Crippen LogP contribution is -2.31. The maximum Gasteiger partial charge on any atom is 0.235 e. The van der Waals surface area contributed by atoms with Crippen LogP contribution in [0, 0.1) is 0 Å². The van der Waals surface area contributed by atoms with E-state index >= 15 is 0 Å². The highest BCUT2D eigenvalue weighted by Gasteiger charge is 2.46. The second-order valence-corrected chi connectivity index (χ2v) is 3.96. The van der Waals surface area contributed by atoms with Crippen LogP contribution in [0.4, 0.5) is 5.69 Å². The molecule has 0 saturated carbocycles. The maximum atomic E-state index is 11.9. The zero-order chi connectivity index (χ0) is 9.60. The molecule has 0 fully saturated rings. The van der Waals surface area contributed by atoms with E-state index in [2.05, 4.69) is 23.5 Å². The molecule has 1 aromatic rings. The van der Waals surface area contributed by atoms with Crippen LogP contribution in [0.3, 0.4) is 0 Å². The van der Waals surface area contributed by atoms with Crippen LogP contribution in [0.25, 0.3) is 0 Å². The molecule has 1 aromatic carbocycles. The smallest absolute Gasteiger partial charge is 0.235 e. The lowest BCUT2D eigenvalue weighted by molar-refractivity contribution is -0.120. The SMILES string of the molecule is O=C1Nc2ccccc2C12CC=CC2. The molecular weight excluding hydrogens is 174 g/mol. The molecule has 1 aliphatic carbocycles. The van der Waals surface area contributed by atoms with Gasteiger partial charge in [-0.3, -0.25) is 4.79 Å². The average Bonchev–Trinajstić information content (AvgIpc) is 2.77. The zero-order valence-electron chi connectivity index (χ0n) is 7.79. The van der Waals surface area contributed by atoms with Gasteiger partial charge in [0.25, 0.3) is 0 Å². The van der Waals surface area contributed by atoms with Crippen LogP contribution in [-0.2, 0) is 10.2 Å². The van der Waals surface area contributed by atoms with Gasteiger partial charge in [-0.15, -0.1) is 0 Å². The van der Waals surface area contributed by atoms with Gasteiger partial charge < -0.3 is 5.32 Å². The number of rotatable bonds is 0. The van der Waals surface area contributed by atoms with E-state index in [1.807, 2.05) is 18.2 Å². The lowest BCUT2D eigenvalue weighted by Gasteiger charge is -2.20. The molecule has 0 radical (unpaired) electrons. The second-order valence-electron chi connectivity index (χ2n) is 3.96. The van der Waals surface area contributed by atoms with Crippen molar-refractivity contribution in [2.45, 2.75) is 18.3 Å². The first kappa shape index (κ1) is 7.80. The van der Waals surface area contributed by atoms with Gasteiger partial charge in [-0.2, -0.15) is 0 Å². The Bertz CT molecular complexity index is 426. The van der Waals surface area contributed by atoms with Crippen molar-refractivity contribution in [3.63, 3.8) is 0 Å². The number of carbonyl (C=O) groups excluding carboxylic acids is 1. The highest BCUT2D eigenvalue weighted by molar-refractivity contribution is 6.06. The fraction of sp³-hybridized carbons (Fsp3) is 0.250. The van der Waals surface area contributed by atoms with Gasteiger partial charge in [0.15, 0.2) is 0 Å². The Hall–Kier alpha value is -1.57. The monoisotopic (exact) mass is 185 g/mol. The van der Waals surface area contributed by atoms with Crippen molar-refractivity contribution in [3.05, 3.63) is 42.0 Å². The van der Waals surface area contributed by atoms with E-state index in [9.17, 15) is 4.79 Å². The van der Waals surface area contributed by atoms with Crippen molar-refractivity contribution < 1.29 is 4.79 Å². The molecule has 0 saturated heterocycles. The molecule has 1 N–H and O–H groups in total. The molecule has 3 rings (SSSR count). The van der Waals surface area contributed by atoms with E-state index in [0.717, 1.165) is 24.1 Å². The number of amides is 1. The molecule has 2 heteroatoms. The minimum atomic E-state index is -0.281. The van der Waals surface area contributed by atoms with Crippen LogP contribution in [0.1, 0.15) is 18.4 Å². The molecule has 70 valence electrons. The molecule has 1 spiro atoms. The topological polar surface area (TPSA) is 29.1 Å². The van der Waals surface area contributed by atoms with E-state index in [-0.39, 0.29) is 11.3 Å². The summed E-state index contributed by atoms with van der Waals surface area (Å²) in [5.41, 5.74) is 1.87. The number of carbonyl (C=O) groups is 1. The first-order chi connectivity index (χ1) is 6.83. The number of para-hydroxylation sites is 1. The predicted molar refractivity (Wildman–Crippen MR) is 55.1 cm³/mol. The molecule has 0 atom stereocenters. The van der Waals surface area contributed by atoms with Gasteiger partial charge in [0, 0.05) is 5.69 Å². The molecule has 1 heterocycles. The van der Waals surface area contributed by atoms with Crippen LogP contribution >= 0.6 is 0 Å². The Balaban J connectivity index is 2.19. The average molecular weight is 185 g/mol. The third-order valence-corrected chi connectivity index (χ3v) is 3.22. The van der Waals surface area contributed by atoms with Gasteiger partial charge in [0.2, 0.25) is 5.91 Å². The Morgan fingerprint density at radius 3 is 2.64 bits per heavy atom. The second kappa shape index (κ2) is 2.47. The molecule has 0 unspecified atom stereocenters. The van der Waals surface area contributed by atoms with Crippen LogP contribution in [0.5, 0.6) is 0 Å². The standard InChI is InChI=1S/C12H11NO/c14-11-12(7-3-4-8-12)9-5-1-2-6-10(9)13-11/h1-6H,7-8H2,(H,13,14). The van der Waals surface area contributed by atoms with Gasteiger partial charge in [0.1, 0.15) is 0 Å². The zero-order valence-corrected chi connectivity index (χ0v) is 7.79. The molecule has 2 aliphatic rings. The number of anilines is 1. The summed E-state index contributed by atoms with van der Waals surface area (Å²) in [7, 11) is 0. The Labute approximate surface area is 82.6 Å². The van der Waals surface area contributed by atoms with Gasteiger partial charge in [0.05, 0.1) is 5.41 Å². The molecule has 0 bridgehead atoms. The number of allylic oxidation sites excluding steroid dienone is 2. The van der Waals surface area contributed by atoms with Crippen molar-refractivity contribution >= 4 is 11.6 Å². The highest BCUT2D eigenvalue weighted by Crippen LogP contribution is 2.45. The molecular formula is C12H11NO. The van der Waals surface area contributed by atoms with Gasteiger partial charge in [-0.05, 0) is 24.5 Å². The molecule has 2 nitrogen and oxygen atoms in total. The van der Waals surface area contributed by atoms with Crippen LogP contribution in [0.2, 0.25) is 0 Å². The molecule has 1 amide bonds. The van der Waals surface area contributed by atoms with Crippen LogP contribution < -0.4 is 5.32 Å². The van der Waals surface area contributed by atoms with E-state index < -0.39 is 0 Å². The summed E-state index contributed by atoms with van der Waals surface area (Å²) in [6, 6.07) is 7.99. The summed E-state index contributed by atoms with van der Waals surface area (Å²) < 4.78 is 0. The minimum Gasteiger partial charge on any atom is -0.325 e. The summed E-state index contributed by atoms with van der Waals surface area (Å²) in [5.74, 6) is 0.156. The molecule has 1 aliphatic heterocycles. The van der Waals surface area contributed by atoms with Gasteiger partial charge in [-0.1, -0.05) is 30.4 Å². The largest absolute Gasteiger partial charge is 0.325 e. The number of hydrogen-bond acceptors (Lipinski definition) is 1. The molecule has 14 heavy (non-hydrogen) atoms. The lowest BCUT2D eigenvalue weighted by atomic mass is 9.79. The maximum absolute atomic E-state index is 11.9. The number of benzene rings is 1. The first-order valence-electron chi connectivity index (χ1n) is 4.89. The summed E-state index contributed by atoms with van der Waals surface area (Å²) >= 11 is 0. The predicted octanol–water partition coefficient (Wildman–Crippen LogP) is 2.23. The third kappa shape index (κ3) is 0.782. The highest BCUT2D eigenvalue weighted by atomic mass is 16.2. The van der Waals surface area contributed by atoms with E-state index in [1.165, 1.54) is 0 Å². The van der Waals surface area contributed by atoms with Crippen molar-refractivity contribution in [3.8, 4) is 0 Å². The van der Waals surface area contributed by atoms with Crippen LogP contribution in [0.15, 0.2) is 36.4 Å². The normalized spacial score (nSPS) is 21.3. The molecule has 0 aromatic heterocycles. The van der Waals surface area contributed by atoms with Crippen molar-refractivity contribution in [2.24, 2.45) is 0 Å². The Morgan fingerprint density at radius 1 is 1.14 bits per heavy atom. The van der Waals surface area contributed by atoms with E-state index in [4.69, 9.17) is 0 Å². The van der Waals surface area contributed by atoms with E-state index in [1.54, 1.807) is 0 Å². The summed E-state index contributed by atoms with van der Waals surface area (Å²) in [6.07, 6.45) is 5.88. The van der Waals surface area contributed by atoms with Crippen molar-refractivity contribution in [2.75, 3.05) is 5.32 Å².